The maximum atomic E-state index is 12.2. The van der Waals surface area contributed by atoms with Crippen molar-refractivity contribution in [1.29, 1.82) is 0 Å². The lowest BCUT2D eigenvalue weighted by molar-refractivity contribution is -0.307. The van der Waals surface area contributed by atoms with Crippen molar-refractivity contribution in [3.8, 4) is 0 Å². The second kappa shape index (κ2) is 19.7. The largest absolute Gasteiger partial charge is 0.460 e. The summed E-state index contributed by atoms with van der Waals surface area (Å²) in [7, 11) is 1.66. The van der Waals surface area contributed by atoms with Crippen molar-refractivity contribution in [3.63, 3.8) is 0 Å². The molecule has 0 radical (unpaired) electrons. The molecule has 9 atom stereocenters. The summed E-state index contributed by atoms with van der Waals surface area (Å²) < 4.78 is 22.3. The van der Waals surface area contributed by atoms with E-state index in [1.165, 1.54) is 6.08 Å². The van der Waals surface area contributed by atoms with Crippen LogP contribution in [0.3, 0.4) is 0 Å². The van der Waals surface area contributed by atoms with Crippen LogP contribution in [0.5, 0.6) is 0 Å². The Hall–Kier alpha value is -2.41. The first-order valence-corrected chi connectivity index (χ1v) is 14.1. The molecule has 2 aliphatic rings. The van der Waals surface area contributed by atoms with Crippen molar-refractivity contribution >= 4 is 5.97 Å². The molecule has 2 aliphatic heterocycles. The zero-order valence-electron chi connectivity index (χ0n) is 23.9. The molecule has 0 amide bonds. The average molecular weight is 579 g/mol. The van der Waals surface area contributed by atoms with Crippen LogP contribution in [0.4, 0.5) is 0 Å². The summed E-state index contributed by atoms with van der Waals surface area (Å²) in [5, 5.41) is 50.2. The molecule has 0 saturated carbocycles. The van der Waals surface area contributed by atoms with Crippen molar-refractivity contribution in [2.45, 2.75) is 101 Å². The predicted molar refractivity (Wildman–Crippen MR) is 154 cm³/mol. The molecule has 10 nitrogen and oxygen atoms in total. The van der Waals surface area contributed by atoms with Crippen molar-refractivity contribution in [2.75, 3.05) is 13.7 Å². The van der Waals surface area contributed by atoms with Gasteiger partial charge in [-0.2, -0.15) is 0 Å². The highest BCUT2D eigenvalue weighted by atomic mass is 16.7. The summed E-state index contributed by atoms with van der Waals surface area (Å²) in [6.45, 7) is 1.29. The number of ether oxygens (including phenoxy) is 4. The first kappa shape index (κ1) is 34.8. The number of carbonyl (C=O) groups excluding carboxylic acids is 1. The first-order valence-electron chi connectivity index (χ1n) is 14.1. The SMILES string of the molecule is CO[C@@H]1C=CC=CC[C@@H](O)CC=CC=C[C@@H](O[C@@H]2O[C@H](CO)[C@@H](O)[C@H](O)[C@H]2O)C/C=C/C=CC(=O)O[C@H](C)CCC1. The van der Waals surface area contributed by atoms with Gasteiger partial charge in [0.25, 0.3) is 0 Å². The Morgan fingerprint density at radius 2 is 1.46 bits per heavy atom. The number of allylic oxidation sites excluding steroid dienone is 6. The zero-order valence-corrected chi connectivity index (χ0v) is 23.9. The third kappa shape index (κ3) is 13.4. The highest BCUT2D eigenvalue weighted by Gasteiger charge is 2.44. The molecule has 2 heterocycles. The van der Waals surface area contributed by atoms with E-state index < -0.39 is 55.5 Å². The monoisotopic (exact) mass is 578 g/mol. The van der Waals surface area contributed by atoms with Gasteiger partial charge in [0, 0.05) is 13.2 Å². The molecule has 0 unspecified atom stereocenters. The molecule has 0 aromatic rings. The van der Waals surface area contributed by atoms with Gasteiger partial charge in [0.2, 0.25) is 0 Å². The van der Waals surface area contributed by atoms with E-state index >= 15 is 0 Å². The Kier molecular flexibility index (Phi) is 16.7. The van der Waals surface area contributed by atoms with Gasteiger partial charge in [0.1, 0.15) is 24.4 Å². The van der Waals surface area contributed by atoms with Gasteiger partial charge in [-0.25, -0.2) is 4.79 Å². The number of rotatable bonds is 4. The lowest BCUT2D eigenvalue weighted by atomic mass is 9.99. The van der Waals surface area contributed by atoms with E-state index in [4.69, 9.17) is 18.9 Å². The molecule has 230 valence electrons. The summed E-state index contributed by atoms with van der Waals surface area (Å²) in [6, 6.07) is 0. The predicted octanol–water partition coefficient (Wildman–Crippen LogP) is 2.17. The molecule has 5 N–H and O–H groups in total. The molecular weight excluding hydrogens is 532 g/mol. The van der Waals surface area contributed by atoms with Gasteiger partial charge >= 0.3 is 5.97 Å². The third-order valence-electron chi connectivity index (χ3n) is 6.69. The van der Waals surface area contributed by atoms with Gasteiger partial charge < -0.3 is 44.5 Å². The van der Waals surface area contributed by atoms with Gasteiger partial charge in [0.05, 0.1) is 31.0 Å². The number of cyclic esters (lactones) is 1. The standard InChI is InChI=1S/C31H46O10/c1-22-13-12-19-24(38-2)16-8-3-6-14-23(33)15-7-4-9-17-25(18-10-5-11-20-27(34)39-22)40-31-30(37)29(36)28(35)26(21-32)41-31/h3-11,16-17,20,22-26,28-33,35-37H,12-15,18-19,21H2,1-2H3/b6-3?,7-4?,10-5+,16-8?,17-9?,20-11?/t22-,23-,24-,25-,26-,28-,29+,30-,31-/m1/s1. The second-order valence-electron chi connectivity index (χ2n) is 10.1. The molecule has 41 heavy (non-hydrogen) atoms. The van der Waals surface area contributed by atoms with Crippen LogP contribution in [-0.4, -0.2) is 100 Å². The van der Waals surface area contributed by atoms with Crippen LogP contribution in [0, 0.1) is 0 Å². The minimum atomic E-state index is -1.55. The molecule has 0 aromatic carbocycles. The van der Waals surface area contributed by atoms with E-state index in [0.717, 1.165) is 12.8 Å². The van der Waals surface area contributed by atoms with E-state index in [2.05, 4.69) is 0 Å². The summed E-state index contributed by atoms with van der Waals surface area (Å²) in [5.41, 5.74) is 0. The Balaban J connectivity index is 2.12. The first-order chi connectivity index (χ1) is 19.7. The number of hydrogen-bond acceptors (Lipinski definition) is 10. The average Bonchev–Trinajstić information content (AvgIpc) is 2.95. The highest BCUT2D eigenvalue weighted by molar-refractivity contribution is 5.82. The number of carbonyl (C=O) groups is 1. The molecule has 0 spiro atoms. The fraction of sp³-hybridized carbons (Fsp3) is 0.581. The summed E-state index contributed by atoms with van der Waals surface area (Å²) in [5.74, 6) is -0.453. The maximum absolute atomic E-state index is 12.2. The fourth-order valence-electron chi connectivity index (χ4n) is 4.25. The van der Waals surface area contributed by atoms with E-state index in [1.807, 2.05) is 37.3 Å². The van der Waals surface area contributed by atoms with Crippen molar-refractivity contribution in [3.05, 3.63) is 72.9 Å². The van der Waals surface area contributed by atoms with Gasteiger partial charge in [-0.05, 0) is 45.4 Å². The fourth-order valence-corrected chi connectivity index (χ4v) is 4.25. The van der Waals surface area contributed by atoms with Gasteiger partial charge in [-0.15, -0.1) is 0 Å². The molecule has 1 saturated heterocycles. The Morgan fingerprint density at radius 3 is 2.12 bits per heavy atom. The summed E-state index contributed by atoms with van der Waals surface area (Å²) in [4.78, 5) is 12.2. The minimum absolute atomic E-state index is 0.0497. The van der Waals surface area contributed by atoms with Gasteiger partial charge in [-0.1, -0.05) is 66.8 Å². The molecule has 1 fully saturated rings. The van der Waals surface area contributed by atoms with Crippen LogP contribution in [0.2, 0.25) is 0 Å². The smallest absolute Gasteiger partial charge is 0.331 e. The zero-order chi connectivity index (χ0) is 30.0. The Morgan fingerprint density at radius 1 is 0.829 bits per heavy atom. The van der Waals surface area contributed by atoms with Gasteiger partial charge in [-0.3, -0.25) is 0 Å². The number of esters is 1. The number of aliphatic hydroxyl groups excluding tert-OH is 5. The topological polar surface area (TPSA) is 155 Å². The number of aliphatic hydroxyl groups is 5. The molecule has 2 rings (SSSR count). The van der Waals surface area contributed by atoms with Crippen molar-refractivity contribution in [2.24, 2.45) is 0 Å². The normalized spacial score (nSPS) is 36.0. The number of hydrogen-bond donors (Lipinski definition) is 5. The minimum Gasteiger partial charge on any atom is -0.460 e. The van der Waals surface area contributed by atoms with Crippen molar-refractivity contribution in [1.82, 2.24) is 0 Å². The molecule has 0 aliphatic carbocycles. The van der Waals surface area contributed by atoms with Crippen LogP contribution in [0.15, 0.2) is 72.9 Å². The van der Waals surface area contributed by atoms with Crippen LogP contribution in [0.25, 0.3) is 0 Å². The van der Waals surface area contributed by atoms with Crippen LogP contribution in [0.1, 0.15) is 45.4 Å². The molecule has 10 heteroatoms. The molecular formula is C31H46O10. The second-order valence-corrected chi connectivity index (χ2v) is 10.1. The van der Waals surface area contributed by atoms with E-state index in [9.17, 15) is 30.3 Å². The number of methoxy groups -OCH3 is 1. The van der Waals surface area contributed by atoms with E-state index in [0.29, 0.717) is 25.7 Å². The lowest BCUT2D eigenvalue weighted by Crippen LogP contribution is -2.59. The maximum Gasteiger partial charge on any atom is 0.331 e. The summed E-state index contributed by atoms with van der Waals surface area (Å²) >= 11 is 0. The van der Waals surface area contributed by atoms with Crippen LogP contribution in [-0.2, 0) is 23.7 Å². The molecule has 0 bridgehead atoms. The van der Waals surface area contributed by atoms with E-state index in [1.54, 1.807) is 43.6 Å². The van der Waals surface area contributed by atoms with Crippen LogP contribution < -0.4 is 0 Å². The van der Waals surface area contributed by atoms with Crippen LogP contribution >= 0.6 is 0 Å². The van der Waals surface area contributed by atoms with Gasteiger partial charge in [0.15, 0.2) is 6.29 Å². The highest BCUT2D eigenvalue weighted by Crippen LogP contribution is 2.24. The molecule has 0 aromatic heterocycles. The summed E-state index contributed by atoms with van der Waals surface area (Å²) in [6.07, 6.45) is 16.1. The lowest BCUT2D eigenvalue weighted by Gasteiger charge is -2.40. The quantitative estimate of drug-likeness (QED) is 0.314. The van der Waals surface area contributed by atoms with E-state index in [-0.39, 0.29) is 12.2 Å². The Labute approximate surface area is 242 Å². The van der Waals surface area contributed by atoms with Crippen molar-refractivity contribution < 1.29 is 49.3 Å². The Bertz CT molecular complexity index is 922. The third-order valence-corrected chi connectivity index (χ3v) is 6.69.